The number of hydrogen-bond acceptors (Lipinski definition) is 7. The van der Waals surface area contributed by atoms with Crippen LogP contribution in [0.3, 0.4) is 0 Å². The van der Waals surface area contributed by atoms with Crippen molar-refractivity contribution in [3.63, 3.8) is 0 Å². The van der Waals surface area contributed by atoms with Gasteiger partial charge in [-0.3, -0.25) is 29.5 Å². The number of hydrogen-bond donors (Lipinski definition) is 7. The summed E-state index contributed by atoms with van der Waals surface area (Å²) in [6.07, 6.45) is 0.766. The van der Waals surface area contributed by atoms with Crippen LogP contribution in [-0.4, -0.2) is 83.8 Å². The van der Waals surface area contributed by atoms with Gasteiger partial charge in [-0.05, 0) is 37.3 Å². The quantitative estimate of drug-likeness (QED) is 0.0603. The van der Waals surface area contributed by atoms with Gasteiger partial charge in [0.2, 0.25) is 11.8 Å². The number of carbonyl (C=O) groups excluding carboxylic acids is 4. The number of nitrogens with one attached hydrogen (secondary N) is 5. The van der Waals surface area contributed by atoms with E-state index in [4.69, 9.17) is 5.41 Å². The smallest absolute Gasteiger partial charge is 0.426 e. The highest BCUT2D eigenvalue weighted by molar-refractivity contribution is 6.43. The van der Waals surface area contributed by atoms with Gasteiger partial charge >= 0.3 is 7.12 Å². The van der Waals surface area contributed by atoms with Crippen molar-refractivity contribution < 1.29 is 29.2 Å². The molecule has 7 N–H and O–H groups in total. The highest BCUT2D eigenvalue weighted by atomic mass is 16.4. The molecule has 13 heteroatoms. The van der Waals surface area contributed by atoms with Crippen molar-refractivity contribution in [2.24, 2.45) is 5.92 Å². The van der Waals surface area contributed by atoms with Gasteiger partial charge in [0, 0.05) is 26.6 Å². The zero-order valence-corrected chi connectivity index (χ0v) is 20.8. The van der Waals surface area contributed by atoms with Gasteiger partial charge < -0.3 is 31.3 Å². The largest absolute Gasteiger partial charge is 0.475 e. The zero-order chi connectivity index (χ0) is 26.8. The van der Waals surface area contributed by atoms with Crippen molar-refractivity contribution in [2.75, 3.05) is 20.1 Å². The normalized spacial score (nSPS) is 14.2. The van der Waals surface area contributed by atoms with Crippen LogP contribution in [0.4, 0.5) is 0 Å². The molecule has 0 bridgehead atoms. The van der Waals surface area contributed by atoms with Gasteiger partial charge in [-0.15, -0.1) is 0 Å². The summed E-state index contributed by atoms with van der Waals surface area (Å²) in [7, 11) is -0.172. The lowest BCUT2D eigenvalue weighted by Crippen LogP contribution is -2.54. The van der Waals surface area contributed by atoms with E-state index in [9.17, 15) is 29.2 Å². The predicted molar refractivity (Wildman–Crippen MR) is 134 cm³/mol. The van der Waals surface area contributed by atoms with Crippen molar-refractivity contribution in [1.82, 2.24) is 26.2 Å². The Morgan fingerprint density at radius 1 is 1.08 bits per heavy atom. The van der Waals surface area contributed by atoms with Crippen LogP contribution in [0.1, 0.15) is 60.2 Å². The lowest BCUT2D eigenvalue weighted by molar-refractivity contribution is -0.129. The number of amides is 4. The van der Waals surface area contributed by atoms with Crippen LogP contribution in [0.2, 0.25) is 0 Å². The van der Waals surface area contributed by atoms with Crippen LogP contribution in [0.5, 0.6) is 0 Å². The average molecular weight is 502 g/mol. The second-order valence-corrected chi connectivity index (χ2v) is 9.03. The number of rotatable bonds is 13. The van der Waals surface area contributed by atoms with Gasteiger partial charge in [0.25, 0.3) is 11.8 Å². The molecule has 2 atom stereocenters. The maximum atomic E-state index is 12.9. The highest BCUT2D eigenvalue weighted by Crippen LogP contribution is 2.22. The third kappa shape index (κ3) is 8.06. The molecule has 0 aromatic heterocycles. The topological polar surface area (TPSA) is 184 Å². The minimum absolute atomic E-state index is 0.0848. The van der Waals surface area contributed by atoms with Crippen molar-refractivity contribution in [1.29, 1.82) is 5.41 Å². The summed E-state index contributed by atoms with van der Waals surface area (Å²) < 4.78 is 0. The van der Waals surface area contributed by atoms with Crippen LogP contribution >= 0.6 is 0 Å². The molecule has 2 rings (SSSR count). The molecule has 1 aliphatic rings. The van der Waals surface area contributed by atoms with E-state index in [1.807, 2.05) is 13.8 Å². The van der Waals surface area contributed by atoms with Crippen molar-refractivity contribution in [3.05, 3.63) is 35.4 Å². The number of guanidine groups is 1. The lowest BCUT2D eigenvalue weighted by atomic mass is 9.75. The van der Waals surface area contributed by atoms with Crippen LogP contribution in [0, 0.1) is 11.3 Å². The molecule has 0 radical (unpaired) electrons. The molecule has 196 valence electrons. The van der Waals surface area contributed by atoms with E-state index in [0.29, 0.717) is 30.5 Å². The molecular formula is C23H35BN6O6. The Hall–Kier alpha value is -3.45. The van der Waals surface area contributed by atoms with Gasteiger partial charge in [-0.25, -0.2) is 0 Å². The van der Waals surface area contributed by atoms with Gasteiger partial charge in [-0.2, -0.15) is 0 Å². The minimum atomic E-state index is -1.76. The van der Waals surface area contributed by atoms with E-state index in [0.717, 1.165) is 4.90 Å². The first-order valence-electron chi connectivity index (χ1n) is 12.0. The molecule has 1 aromatic rings. The lowest BCUT2D eigenvalue weighted by Gasteiger charge is -2.24. The van der Waals surface area contributed by atoms with Crippen molar-refractivity contribution in [3.8, 4) is 0 Å². The van der Waals surface area contributed by atoms with E-state index in [-0.39, 0.29) is 31.3 Å². The Bertz CT molecular complexity index is 937. The van der Waals surface area contributed by atoms with E-state index < -0.39 is 42.7 Å². The molecule has 0 saturated carbocycles. The van der Waals surface area contributed by atoms with Crippen molar-refractivity contribution >= 4 is 36.7 Å². The Kier molecular flexibility index (Phi) is 10.9. The van der Waals surface area contributed by atoms with E-state index >= 15 is 0 Å². The molecule has 36 heavy (non-hydrogen) atoms. The maximum Gasteiger partial charge on any atom is 0.475 e. The summed E-state index contributed by atoms with van der Waals surface area (Å²) in [5, 5.41) is 37.5. The molecule has 0 saturated heterocycles. The monoisotopic (exact) mass is 502 g/mol. The Morgan fingerprint density at radius 3 is 2.22 bits per heavy atom. The highest BCUT2D eigenvalue weighted by Gasteiger charge is 2.35. The summed E-state index contributed by atoms with van der Waals surface area (Å²) in [5.74, 6) is -2.76. The molecule has 1 heterocycles. The fraction of sp³-hybridized carbons (Fsp3) is 0.522. The second-order valence-electron chi connectivity index (χ2n) is 9.03. The third-order valence-electron chi connectivity index (χ3n) is 5.73. The van der Waals surface area contributed by atoms with Crippen molar-refractivity contribution in [2.45, 2.75) is 51.5 Å². The van der Waals surface area contributed by atoms with Crippen LogP contribution < -0.4 is 21.3 Å². The number of carbonyl (C=O) groups is 4. The summed E-state index contributed by atoms with van der Waals surface area (Å²) in [4.78, 5) is 51.6. The predicted octanol–water partition coefficient (Wildman–Crippen LogP) is -0.776. The van der Waals surface area contributed by atoms with Gasteiger partial charge in [-0.1, -0.05) is 26.0 Å². The van der Waals surface area contributed by atoms with Gasteiger partial charge in [0.15, 0.2) is 5.96 Å². The molecule has 0 spiro atoms. The summed E-state index contributed by atoms with van der Waals surface area (Å²) in [6.45, 7) is 3.98. The van der Waals surface area contributed by atoms with Crippen LogP contribution in [-0.2, 0) is 9.59 Å². The molecule has 1 aromatic carbocycles. The van der Waals surface area contributed by atoms with E-state index in [2.05, 4.69) is 21.3 Å². The molecule has 0 fully saturated rings. The average Bonchev–Trinajstić information content (AvgIpc) is 3.08. The molecule has 0 aliphatic carbocycles. The first kappa shape index (κ1) is 28.8. The number of nitrogens with zero attached hydrogens (tertiary/aromatic N) is 1. The van der Waals surface area contributed by atoms with E-state index in [1.54, 1.807) is 31.3 Å². The Labute approximate surface area is 210 Å². The first-order valence-corrected chi connectivity index (χ1v) is 12.0. The Balaban J connectivity index is 2.00. The van der Waals surface area contributed by atoms with Crippen LogP contribution in [0.15, 0.2) is 24.3 Å². The van der Waals surface area contributed by atoms with Crippen LogP contribution in [0.25, 0.3) is 0 Å². The fourth-order valence-electron chi connectivity index (χ4n) is 3.85. The first-order chi connectivity index (χ1) is 17.0. The number of fused-ring (bicyclic) bond motifs is 1. The number of benzene rings is 1. The summed E-state index contributed by atoms with van der Waals surface area (Å²) in [6, 6.07) is 5.44. The van der Waals surface area contributed by atoms with Gasteiger partial charge in [0.05, 0.1) is 17.1 Å². The summed E-state index contributed by atoms with van der Waals surface area (Å²) >= 11 is 0. The Morgan fingerprint density at radius 2 is 1.69 bits per heavy atom. The second kappa shape index (κ2) is 13.6. The molecular weight excluding hydrogens is 467 g/mol. The minimum Gasteiger partial charge on any atom is -0.426 e. The number of imide groups is 1. The molecule has 12 nitrogen and oxygen atoms in total. The van der Waals surface area contributed by atoms with E-state index in [1.165, 1.54) is 0 Å². The standard InChI is InChI=1S/C23H35BN6O6/c1-14(2)13-18(24(35)36)29-20(32)17(9-6-11-27-23(25)26-3)28-19(31)10-12-30-21(33)15-7-4-5-8-16(15)22(30)34/h4-5,7-8,14,17-18,35-36H,6,9-13H2,1-3H3,(H,28,31)(H,29,32)(H3,25,26,27)/t17-,18-/m0/s1. The fourth-order valence-corrected chi connectivity index (χ4v) is 3.85. The molecule has 0 unspecified atom stereocenters. The molecule has 1 aliphatic heterocycles. The summed E-state index contributed by atoms with van der Waals surface area (Å²) in [5.41, 5.74) is 0.581. The van der Waals surface area contributed by atoms with Gasteiger partial charge in [0.1, 0.15) is 6.04 Å². The molecule has 4 amide bonds. The third-order valence-corrected chi connectivity index (χ3v) is 5.73. The maximum absolute atomic E-state index is 12.9. The SMILES string of the molecule is CNC(=N)NCCC[C@H](NC(=O)CCN1C(=O)c2ccccc2C1=O)C(=O)N[C@@H](CC(C)C)B(O)O. The zero-order valence-electron chi connectivity index (χ0n) is 20.8.